The highest BCUT2D eigenvalue weighted by Crippen LogP contribution is 2.54. The van der Waals surface area contributed by atoms with Gasteiger partial charge in [-0.15, -0.1) is 0 Å². The van der Waals surface area contributed by atoms with E-state index in [2.05, 4.69) is 16.8 Å². The summed E-state index contributed by atoms with van der Waals surface area (Å²) in [6.45, 7) is 6.25. The summed E-state index contributed by atoms with van der Waals surface area (Å²) in [5.41, 5.74) is 1.84. The van der Waals surface area contributed by atoms with Gasteiger partial charge in [0.1, 0.15) is 0 Å². The summed E-state index contributed by atoms with van der Waals surface area (Å²) in [7, 11) is 0. The highest BCUT2D eigenvalue weighted by atomic mass is 35.5. The first-order chi connectivity index (χ1) is 10.1. The van der Waals surface area contributed by atoms with Crippen LogP contribution < -0.4 is 0 Å². The van der Waals surface area contributed by atoms with Crippen LogP contribution in [0.2, 0.25) is 5.02 Å². The van der Waals surface area contributed by atoms with E-state index in [0.717, 1.165) is 22.8 Å². The van der Waals surface area contributed by atoms with Gasteiger partial charge in [-0.25, -0.2) is 4.99 Å². The minimum atomic E-state index is -0.232. The van der Waals surface area contributed by atoms with Crippen LogP contribution in [-0.2, 0) is 10.3 Å². The van der Waals surface area contributed by atoms with Gasteiger partial charge in [-0.1, -0.05) is 11.6 Å². The van der Waals surface area contributed by atoms with Crippen LogP contribution in [-0.4, -0.2) is 30.0 Å². The predicted octanol–water partition coefficient (Wildman–Crippen LogP) is 4.54. The van der Waals surface area contributed by atoms with Gasteiger partial charge in [0, 0.05) is 23.7 Å². The predicted molar refractivity (Wildman–Crippen MR) is 87.7 cm³/mol. The molecule has 1 aliphatic heterocycles. The number of benzene rings is 1. The van der Waals surface area contributed by atoms with E-state index in [1.807, 2.05) is 25.1 Å². The Hall–Kier alpha value is -0.770. The molecule has 114 valence electrons. The molecule has 0 amide bonds. The van der Waals surface area contributed by atoms with E-state index in [-0.39, 0.29) is 5.54 Å². The molecule has 1 unspecified atom stereocenters. The number of likely N-dealkylation sites (N-methyl/N-ethyl adjacent to an activating group) is 1. The molecule has 1 aliphatic carbocycles. The highest BCUT2D eigenvalue weighted by Gasteiger charge is 2.53. The zero-order chi connectivity index (χ0) is 15.0. The lowest BCUT2D eigenvalue weighted by atomic mass is 9.82. The van der Waals surface area contributed by atoms with Gasteiger partial charge in [0.15, 0.2) is 5.29 Å². The third-order valence-corrected chi connectivity index (χ3v) is 4.96. The smallest absolute Gasteiger partial charge is 0.199 e. The first-order valence-electron chi connectivity index (χ1n) is 7.53. The van der Waals surface area contributed by atoms with Gasteiger partial charge in [-0.3, -0.25) is 0 Å². The standard InChI is InChI=1S/C16H20Cl2N2O/c1-3-20-15(18)19-14-8-7-12(17)9-13(14)16(20,10-21-4-2)11-5-6-11/h7-9,11H,3-6,10H2,1-2H3. The number of fused-ring (bicyclic) bond motifs is 1. The molecule has 5 heteroatoms. The maximum absolute atomic E-state index is 6.47. The number of amidine groups is 1. The van der Waals surface area contributed by atoms with Crippen molar-refractivity contribution in [3.63, 3.8) is 0 Å². The first-order valence-corrected chi connectivity index (χ1v) is 8.28. The second kappa shape index (κ2) is 5.79. The normalized spacial score (nSPS) is 24.8. The minimum Gasteiger partial charge on any atom is -0.379 e. The van der Waals surface area contributed by atoms with Gasteiger partial charge in [0.05, 0.1) is 17.8 Å². The van der Waals surface area contributed by atoms with Crippen molar-refractivity contribution >= 4 is 34.2 Å². The number of halogens is 2. The molecule has 0 radical (unpaired) electrons. The largest absolute Gasteiger partial charge is 0.379 e. The number of aliphatic imine (C=N–C) groups is 1. The molecule has 1 heterocycles. The monoisotopic (exact) mass is 326 g/mol. The summed E-state index contributed by atoms with van der Waals surface area (Å²) in [6, 6.07) is 5.85. The summed E-state index contributed by atoms with van der Waals surface area (Å²) >= 11 is 12.7. The molecule has 1 fully saturated rings. The van der Waals surface area contributed by atoms with E-state index in [0.29, 0.717) is 24.4 Å². The molecule has 1 atom stereocenters. The van der Waals surface area contributed by atoms with Crippen molar-refractivity contribution in [1.82, 2.24) is 4.90 Å². The first kappa shape index (κ1) is 15.1. The fraction of sp³-hybridized carbons (Fsp3) is 0.562. The summed E-state index contributed by atoms with van der Waals surface area (Å²) in [5.74, 6) is 0.547. The molecule has 2 aliphatic rings. The topological polar surface area (TPSA) is 24.8 Å². The molecule has 3 nitrogen and oxygen atoms in total. The fourth-order valence-electron chi connectivity index (χ4n) is 3.37. The Morgan fingerprint density at radius 3 is 2.71 bits per heavy atom. The van der Waals surface area contributed by atoms with E-state index >= 15 is 0 Å². The van der Waals surface area contributed by atoms with Gasteiger partial charge >= 0.3 is 0 Å². The molecular weight excluding hydrogens is 307 g/mol. The number of hydrogen-bond acceptors (Lipinski definition) is 3. The molecule has 1 aromatic carbocycles. The van der Waals surface area contributed by atoms with Gasteiger partial charge < -0.3 is 9.64 Å². The SMILES string of the molecule is CCOCC1(C2CC2)c2cc(Cl)ccc2N=C(Cl)N1CC. The van der Waals surface area contributed by atoms with Gasteiger partial charge in [0.2, 0.25) is 0 Å². The Labute approximate surface area is 135 Å². The number of rotatable bonds is 5. The van der Waals surface area contributed by atoms with Gasteiger partial charge in [-0.2, -0.15) is 0 Å². The van der Waals surface area contributed by atoms with Gasteiger partial charge in [-0.05, 0) is 62.4 Å². The van der Waals surface area contributed by atoms with E-state index in [1.54, 1.807) is 0 Å². The molecule has 0 bridgehead atoms. The van der Waals surface area contributed by atoms with Crippen LogP contribution in [0.25, 0.3) is 0 Å². The Morgan fingerprint density at radius 1 is 1.33 bits per heavy atom. The third kappa shape index (κ3) is 2.45. The van der Waals surface area contributed by atoms with Crippen LogP contribution in [0.4, 0.5) is 5.69 Å². The van der Waals surface area contributed by atoms with E-state index in [1.165, 1.54) is 12.8 Å². The lowest BCUT2D eigenvalue weighted by Crippen LogP contribution is -2.54. The van der Waals surface area contributed by atoms with Crippen molar-refractivity contribution < 1.29 is 4.74 Å². The van der Waals surface area contributed by atoms with Crippen LogP contribution in [0, 0.1) is 5.92 Å². The van der Waals surface area contributed by atoms with Crippen LogP contribution in [0.1, 0.15) is 32.3 Å². The van der Waals surface area contributed by atoms with Crippen LogP contribution in [0.15, 0.2) is 23.2 Å². The van der Waals surface area contributed by atoms with Crippen LogP contribution in [0.3, 0.4) is 0 Å². The Morgan fingerprint density at radius 2 is 2.10 bits per heavy atom. The van der Waals surface area contributed by atoms with E-state index in [4.69, 9.17) is 27.9 Å². The molecule has 0 saturated heterocycles. The number of nitrogens with zero attached hydrogens (tertiary/aromatic N) is 2. The Kier molecular flexibility index (Phi) is 4.17. The summed E-state index contributed by atoms with van der Waals surface area (Å²) in [4.78, 5) is 6.73. The second-order valence-electron chi connectivity index (χ2n) is 5.62. The van der Waals surface area contributed by atoms with Crippen molar-refractivity contribution in [2.24, 2.45) is 10.9 Å². The lowest BCUT2D eigenvalue weighted by molar-refractivity contribution is 0.0141. The third-order valence-electron chi connectivity index (χ3n) is 4.44. The molecular formula is C16H20Cl2N2O. The maximum atomic E-state index is 6.47. The van der Waals surface area contributed by atoms with E-state index < -0.39 is 0 Å². The number of ether oxygens (including phenoxy) is 1. The van der Waals surface area contributed by atoms with Crippen molar-refractivity contribution in [2.75, 3.05) is 19.8 Å². The molecule has 21 heavy (non-hydrogen) atoms. The van der Waals surface area contributed by atoms with Crippen LogP contribution in [0.5, 0.6) is 0 Å². The average Bonchev–Trinajstić information content (AvgIpc) is 3.30. The fourth-order valence-corrected chi connectivity index (χ4v) is 3.90. The van der Waals surface area contributed by atoms with Crippen LogP contribution >= 0.6 is 23.2 Å². The quantitative estimate of drug-likeness (QED) is 0.742. The second-order valence-corrected chi connectivity index (χ2v) is 6.40. The molecule has 3 rings (SSSR count). The lowest BCUT2D eigenvalue weighted by Gasteiger charge is -2.47. The Bertz CT molecular complexity index is 571. The molecule has 0 spiro atoms. The summed E-state index contributed by atoms with van der Waals surface area (Å²) in [6.07, 6.45) is 2.39. The minimum absolute atomic E-state index is 0.232. The van der Waals surface area contributed by atoms with Crippen molar-refractivity contribution in [1.29, 1.82) is 0 Å². The highest BCUT2D eigenvalue weighted by molar-refractivity contribution is 6.65. The van der Waals surface area contributed by atoms with E-state index in [9.17, 15) is 0 Å². The molecule has 1 aromatic rings. The molecule has 1 saturated carbocycles. The zero-order valence-electron chi connectivity index (χ0n) is 12.4. The molecule has 0 N–H and O–H groups in total. The zero-order valence-corrected chi connectivity index (χ0v) is 13.9. The summed E-state index contributed by atoms with van der Waals surface area (Å²) < 4.78 is 5.86. The average molecular weight is 327 g/mol. The van der Waals surface area contributed by atoms with Crippen molar-refractivity contribution in [2.45, 2.75) is 32.2 Å². The maximum Gasteiger partial charge on any atom is 0.199 e. The van der Waals surface area contributed by atoms with Crippen molar-refractivity contribution in [3.8, 4) is 0 Å². The van der Waals surface area contributed by atoms with Crippen molar-refractivity contribution in [3.05, 3.63) is 28.8 Å². The number of hydrogen-bond donors (Lipinski definition) is 0. The summed E-state index contributed by atoms with van der Waals surface area (Å²) in [5, 5.41) is 1.29. The molecule has 0 aromatic heterocycles. The Balaban J connectivity index is 2.17. The van der Waals surface area contributed by atoms with Gasteiger partial charge in [0.25, 0.3) is 0 Å².